The summed E-state index contributed by atoms with van der Waals surface area (Å²) in [5.41, 5.74) is 4.13. The largest absolute Gasteiger partial charge is 0.360 e. The molecule has 0 fully saturated rings. The molecule has 0 aromatic heterocycles. The Labute approximate surface area is 200 Å². The number of nitrogens with one attached hydrogen (secondary N) is 1. The zero-order valence-electron chi connectivity index (χ0n) is 19.3. The third-order valence-corrected chi connectivity index (χ3v) is 5.43. The second kappa shape index (κ2) is 13.7. The first kappa shape index (κ1) is 26.5. The number of halogens is 2. The van der Waals surface area contributed by atoms with Crippen molar-refractivity contribution in [2.75, 3.05) is 0 Å². The van der Waals surface area contributed by atoms with Crippen molar-refractivity contribution in [3.8, 4) is 0 Å². The zero-order chi connectivity index (χ0) is 24.9. The number of nitrogens with zero attached hydrogens (tertiary/aromatic N) is 1. The molecule has 0 saturated carbocycles. The number of carbonyl (C=O) groups is 2. The molecule has 1 N–H and O–H groups in total. The van der Waals surface area contributed by atoms with Gasteiger partial charge in [-0.3, -0.25) is 4.79 Å². The van der Waals surface area contributed by atoms with E-state index in [-0.39, 0.29) is 30.6 Å². The van der Waals surface area contributed by atoms with Gasteiger partial charge in [0.15, 0.2) is 0 Å². The Morgan fingerprint density at radius 1 is 1.24 bits per heavy atom. The van der Waals surface area contributed by atoms with Crippen LogP contribution >= 0.6 is 0 Å². The Kier molecular flexibility index (Phi) is 10.6. The molecular formula is C28H30F2N2O2. The molecule has 1 amide bonds. The topological polar surface area (TPSA) is 49.4 Å². The normalized spacial score (nSPS) is 16.9. The van der Waals surface area contributed by atoms with Crippen LogP contribution in [0.5, 0.6) is 0 Å². The Morgan fingerprint density at radius 2 is 1.97 bits per heavy atom. The highest BCUT2D eigenvalue weighted by Crippen LogP contribution is 2.36. The molecule has 0 bridgehead atoms. The van der Waals surface area contributed by atoms with E-state index in [0.29, 0.717) is 25.0 Å². The van der Waals surface area contributed by atoms with Gasteiger partial charge >= 0.3 is 0 Å². The van der Waals surface area contributed by atoms with E-state index < -0.39 is 0 Å². The number of hydrogen-bond donors (Lipinski definition) is 1. The van der Waals surface area contributed by atoms with Crippen molar-refractivity contribution in [1.82, 2.24) is 10.2 Å². The molecule has 1 heterocycles. The Balaban J connectivity index is 2.18. The lowest BCUT2D eigenvalue weighted by Crippen LogP contribution is -2.32. The summed E-state index contributed by atoms with van der Waals surface area (Å²) in [5, 5.41) is 2.84. The van der Waals surface area contributed by atoms with Gasteiger partial charge in [-0.05, 0) is 60.4 Å². The molecular weight excluding hydrogens is 434 g/mol. The number of carbonyl (C=O) groups excluding carboxylic acids is 2. The molecule has 0 spiro atoms. The number of allylic oxidation sites excluding steroid dienone is 7. The maximum atomic E-state index is 13.4. The van der Waals surface area contributed by atoms with Crippen LogP contribution in [0.2, 0.25) is 0 Å². The molecule has 1 aromatic carbocycles. The molecule has 1 aliphatic heterocycles. The summed E-state index contributed by atoms with van der Waals surface area (Å²) in [7, 11) is 0. The molecule has 4 nitrogen and oxygen atoms in total. The Morgan fingerprint density at radius 3 is 2.62 bits per heavy atom. The predicted octanol–water partition coefficient (Wildman–Crippen LogP) is 5.99. The van der Waals surface area contributed by atoms with Crippen molar-refractivity contribution < 1.29 is 18.4 Å². The van der Waals surface area contributed by atoms with E-state index in [4.69, 9.17) is 0 Å². The number of hydrogen-bond acceptors (Lipinski definition) is 3. The summed E-state index contributed by atoms with van der Waals surface area (Å²) in [6.45, 7) is 10.3. The summed E-state index contributed by atoms with van der Waals surface area (Å²) in [6.07, 6.45) is 13.5. The minimum Gasteiger partial charge on any atom is -0.360 e. The summed E-state index contributed by atoms with van der Waals surface area (Å²) in [6, 6.07) is 6.17. The average molecular weight is 465 g/mol. The summed E-state index contributed by atoms with van der Waals surface area (Å²) >= 11 is 0. The first-order chi connectivity index (χ1) is 16.4. The maximum Gasteiger partial charge on any atom is 0.224 e. The fraction of sp³-hybridized carbons (Fsp3) is 0.214. The predicted molar refractivity (Wildman–Crippen MR) is 132 cm³/mol. The first-order valence-corrected chi connectivity index (χ1v) is 11.0. The van der Waals surface area contributed by atoms with Crippen LogP contribution < -0.4 is 5.32 Å². The molecule has 1 aliphatic rings. The third-order valence-electron chi connectivity index (χ3n) is 5.43. The van der Waals surface area contributed by atoms with Crippen molar-refractivity contribution in [3.05, 3.63) is 120 Å². The summed E-state index contributed by atoms with van der Waals surface area (Å²) in [5.74, 6) is -0.480. The molecule has 0 aliphatic carbocycles. The highest BCUT2D eigenvalue weighted by atomic mass is 19.1. The number of rotatable bonds is 12. The van der Waals surface area contributed by atoms with Crippen molar-refractivity contribution in [2.45, 2.75) is 38.8 Å². The van der Waals surface area contributed by atoms with E-state index in [1.807, 2.05) is 6.92 Å². The lowest BCUT2D eigenvalue weighted by atomic mass is 10.0. The van der Waals surface area contributed by atoms with Gasteiger partial charge in [0.25, 0.3) is 0 Å². The van der Waals surface area contributed by atoms with Gasteiger partial charge in [0, 0.05) is 30.8 Å². The second-order valence-electron chi connectivity index (χ2n) is 7.74. The monoisotopic (exact) mass is 464 g/mol. The van der Waals surface area contributed by atoms with Crippen LogP contribution in [0.3, 0.4) is 0 Å². The highest BCUT2D eigenvalue weighted by Gasteiger charge is 2.31. The van der Waals surface area contributed by atoms with Gasteiger partial charge < -0.3 is 15.0 Å². The van der Waals surface area contributed by atoms with Crippen LogP contribution in [0.15, 0.2) is 109 Å². The van der Waals surface area contributed by atoms with Crippen molar-refractivity contribution >= 4 is 12.2 Å². The van der Waals surface area contributed by atoms with Crippen LogP contribution in [0.4, 0.5) is 8.78 Å². The van der Waals surface area contributed by atoms with Crippen LogP contribution in [0.25, 0.3) is 0 Å². The molecule has 34 heavy (non-hydrogen) atoms. The molecule has 1 unspecified atom stereocenters. The van der Waals surface area contributed by atoms with Gasteiger partial charge in [0.1, 0.15) is 12.1 Å². The van der Waals surface area contributed by atoms with Gasteiger partial charge in [-0.25, -0.2) is 8.78 Å². The quantitative estimate of drug-likeness (QED) is 0.305. The minimum absolute atomic E-state index is 0.102. The van der Waals surface area contributed by atoms with E-state index in [1.54, 1.807) is 48.6 Å². The van der Waals surface area contributed by atoms with Crippen molar-refractivity contribution in [1.29, 1.82) is 0 Å². The van der Waals surface area contributed by atoms with Crippen molar-refractivity contribution in [3.63, 3.8) is 0 Å². The first-order valence-electron chi connectivity index (χ1n) is 11.0. The van der Waals surface area contributed by atoms with E-state index in [2.05, 4.69) is 23.4 Å². The average Bonchev–Trinajstić information content (AvgIpc) is 3.03. The van der Waals surface area contributed by atoms with Crippen molar-refractivity contribution in [2.24, 2.45) is 0 Å². The van der Waals surface area contributed by atoms with E-state index in [1.165, 1.54) is 18.2 Å². The standard InChI is InChI=1S/C28H30F2N2O2/c1-4-9-25(10-6-8-19-33)31-28(34)17-16-27-21(2)26(11-5-7-18-29)22(3)32(27)20-23-12-14-24(30)15-13-23/h4-7,9-15,18-19,27H,1,3,8,16-17,20H2,2H3,(H,31,34)/b10-6-,11-5-,18-7+,25-9+. The number of benzene rings is 1. The van der Waals surface area contributed by atoms with Gasteiger partial charge in [0.05, 0.1) is 12.4 Å². The van der Waals surface area contributed by atoms with Crippen LogP contribution in [0.1, 0.15) is 31.7 Å². The third kappa shape index (κ3) is 7.66. The Bertz CT molecular complexity index is 1050. The van der Waals surface area contributed by atoms with E-state index in [9.17, 15) is 18.4 Å². The molecule has 2 rings (SSSR count). The SMILES string of the molecule is C=C/C=C(\C=C/CC=O)NC(=O)CCC1C(C)=C(/C=C\C=C\F)C(=C)N1Cc1ccc(F)cc1. The molecule has 6 heteroatoms. The maximum absolute atomic E-state index is 13.4. The fourth-order valence-electron chi connectivity index (χ4n) is 3.78. The molecule has 178 valence electrons. The Hall–Kier alpha value is -3.80. The van der Waals surface area contributed by atoms with Gasteiger partial charge in [-0.1, -0.05) is 49.6 Å². The molecule has 0 saturated heterocycles. The molecule has 1 atom stereocenters. The highest BCUT2D eigenvalue weighted by molar-refractivity contribution is 5.78. The smallest absolute Gasteiger partial charge is 0.224 e. The lowest BCUT2D eigenvalue weighted by molar-refractivity contribution is -0.120. The van der Waals surface area contributed by atoms with Gasteiger partial charge in [-0.15, -0.1) is 0 Å². The second-order valence-corrected chi connectivity index (χ2v) is 7.74. The van der Waals surface area contributed by atoms with E-state index in [0.717, 1.165) is 28.7 Å². The van der Waals surface area contributed by atoms with E-state index >= 15 is 0 Å². The summed E-state index contributed by atoms with van der Waals surface area (Å²) < 4.78 is 25.8. The minimum atomic E-state index is -0.307. The van der Waals surface area contributed by atoms with Crippen LogP contribution in [-0.2, 0) is 16.1 Å². The van der Waals surface area contributed by atoms with Gasteiger partial charge in [0.2, 0.25) is 5.91 Å². The van der Waals surface area contributed by atoms with Crippen LogP contribution in [-0.4, -0.2) is 23.1 Å². The molecule has 0 radical (unpaired) electrons. The zero-order valence-corrected chi connectivity index (χ0v) is 19.3. The summed E-state index contributed by atoms with van der Waals surface area (Å²) in [4.78, 5) is 25.3. The molecule has 1 aromatic rings. The number of aldehydes is 1. The lowest BCUT2D eigenvalue weighted by Gasteiger charge is -2.29. The van der Waals surface area contributed by atoms with Crippen LogP contribution in [0, 0.1) is 5.82 Å². The van der Waals surface area contributed by atoms with Gasteiger partial charge in [-0.2, -0.15) is 0 Å². The fourth-order valence-corrected chi connectivity index (χ4v) is 3.78. The number of amides is 1.